The molecule has 21 heavy (non-hydrogen) atoms. The first-order chi connectivity index (χ1) is 9.99. The fraction of sp³-hybridized carbons (Fsp3) is 0.583. The molecule has 0 amide bonds. The van der Waals surface area contributed by atoms with E-state index in [1.165, 1.54) is 28.6 Å². The molecule has 1 aliphatic rings. The summed E-state index contributed by atoms with van der Waals surface area (Å²) in [5, 5.41) is 1.82. The lowest BCUT2D eigenvalue weighted by molar-refractivity contribution is 0.260. The van der Waals surface area contributed by atoms with Crippen LogP contribution in [0.2, 0.25) is 5.15 Å². The van der Waals surface area contributed by atoms with E-state index in [1.54, 1.807) is 11.6 Å². The second kappa shape index (κ2) is 5.85. The molecule has 1 aliphatic heterocycles. The van der Waals surface area contributed by atoms with Gasteiger partial charge in [0, 0.05) is 24.2 Å². The molecule has 0 spiro atoms. The van der Waals surface area contributed by atoms with Gasteiger partial charge in [-0.3, -0.25) is 9.30 Å². The maximum atomic E-state index is 12.5. The van der Waals surface area contributed by atoms with Crippen LogP contribution >= 0.6 is 22.9 Å². The summed E-state index contributed by atoms with van der Waals surface area (Å²) >= 11 is 7.33. The SMILES string of the molecule is CC(CNS(=O)(=O)c1c(Cl)nc2sccn12)N1CCCC1. The lowest BCUT2D eigenvalue weighted by atomic mass is 10.3. The zero-order valence-electron chi connectivity index (χ0n) is 11.6. The van der Waals surface area contributed by atoms with Gasteiger partial charge in [0.25, 0.3) is 10.0 Å². The Morgan fingerprint density at radius 1 is 1.48 bits per heavy atom. The first-order valence-corrected chi connectivity index (χ1v) is 9.58. The molecule has 0 radical (unpaired) electrons. The van der Waals surface area contributed by atoms with Gasteiger partial charge in [-0.05, 0) is 32.9 Å². The molecule has 3 rings (SSSR count). The van der Waals surface area contributed by atoms with Crippen LogP contribution in [0.1, 0.15) is 19.8 Å². The van der Waals surface area contributed by atoms with Gasteiger partial charge >= 0.3 is 0 Å². The van der Waals surface area contributed by atoms with E-state index in [4.69, 9.17) is 11.6 Å². The minimum Gasteiger partial charge on any atom is -0.299 e. The van der Waals surface area contributed by atoms with Crippen LogP contribution in [0.5, 0.6) is 0 Å². The van der Waals surface area contributed by atoms with Crippen LogP contribution in [-0.2, 0) is 10.0 Å². The summed E-state index contributed by atoms with van der Waals surface area (Å²) in [4.78, 5) is 6.93. The number of likely N-dealkylation sites (tertiary alicyclic amines) is 1. The number of rotatable bonds is 5. The van der Waals surface area contributed by atoms with Gasteiger partial charge < -0.3 is 0 Å². The molecule has 1 saturated heterocycles. The van der Waals surface area contributed by atoms with Crippen LogP contribution in [0, 0.1) is 0 Å². The minimum atomic E-state index is -3.67. The summed E-state index contributed by atoms with van der Waals surface area (Å²) in [5.74, 6) is 0. The van der Waals surface area contributed by atoms with E-state index in [2.05, 4.69) is 14.6 Å². The Balaban J connectivity index is 1.77. The molecule has 0 aliphatic carbocycles. The number of halogens is 1. The predicted octanol–water partition coefficient (Wildman–Crippen LogP) is 1.81. The van der Waals surface area contributed by atoms with Gasteiger partial charge in [-0.25, -0.2) is 18.1 Å². The maximum absolute atomic E-state index is 12.5. The summed E-state index contributed by atoms with van der Waals surface area (Å²) in [6.45, 7) is 4.47. The van der Waals surface area contributed by atoms with Crippen LogP contribution in [0.3, 0.4) is 0 Å². The molecule has 2 aromatic heterocycles. The van der Waals surface area contributed by atoms with Crippen molar-refractivity contribution in [1.82, 2.24) is 19.0 Å². The lowest BCUT2D eigenvalue weighted by Gasteiger charge is -2.23. The summed E-state index contributed by atoms with van der Waals surface area (Å²) in [5.41, 5.74) is 0. The summed E-state index contributed by atoms with van der Waals surface area (Å²) in [7, 11) is -3.67. The van der Waals surface area contributed by atoms with Crippen LogP contribution in [0.4, 0.5) is 0 Å². The highest BCUT2D eigenvalue weighted by Gasteiger charge is 2.26. The van der Waals surface area contributed by atoms with Gasteiger partial charge in [-0.15, -0.1) is 11.3 Å². The molecule has 3 heterocycles. The number of imidazole rings is 1. The van der Waals surface area contributed by atoms with Crippen molar-refractivity contribution in [2.24, 2.45) is 0 Å². The van der Waals surface area contributed by atoms with Crippen LogP contribution in [-0.4, -0.2) is 48.4 Å². The molecule has 1 atom stereocenters. The Morgan fingerprint density at radius 2 is 2.19 bits per heavy atom. The zero-order valence-corrected chi connectivity index (χ0v) is 14.0. The van der Waals surface area contributed by atoms with Crippen molar-refractivity contribution in [1.29, 1.82) is 0 Å². The minimum absolute atomic E-state index is 0.0168. The molecule has 0 bridgehead atoms. The van der Waals surface area contributed by atoms with Crippen molar-refractivity contribution in [3.63, 3.8) is 0 Å². The molecule has 116 valence electrons. The van der Waals surface area contributed by atoms with Crippen molar-refractivity contribution in [2.45, 2.75) is 30.8 Å². The van der Waals surface area contributed by atoms with Gasteiger partial charge in [-0.2, -0.15) is 0 Å². The fourth-order valence-corrected chi connectivity index (χ4v) is 5.16. The maximum Gasteiger partial charge on any atom is 0.259 e. The third-order valence-corrected chi connectivity index (χ3v) is 6.34. The number of thiazole rings is 1. The summed E-state index contributed by atoms with van der Waals surface area (Å²) in [6, 6.07) is 0.173. The number of aromatic nitrogens is 2. The van der Waals surface area contributed by atoms with Crippen molar-refractivity contribution < 1.29 is 8.42 Å². The molecule has 2 aromatic rings. The van der Waals surface area contributed by atoms with Crippen molar-refractivity contribution >= 4 is 37.9 Å². The first kappa shape index (κ1) is 15.2. The van der Waals surface area contributed by atoms with Gasteiger partial charge in [0.1, 0.15) is 0 Å². The molecule has 9 heteroatoms. The fourth-order valence-electron chi connectivity index (χ4n) is 2.59. The van der Waals surface area contributed by atoms with Crippen molar-refractivity contribution in [3.05, 3.63) is 16.7 Å². The van der Waals surface area contributed by atoms with Gasteiger partial charge in [-0.1, -0.05) is 11.6 Å². The predicted molar refractivity (Wildman–Crippen MR) is 83.5 cm³/mol. The van der Waals surface area contributed by atoms with E-state index in [0.717, 1.165) is 13.1 Å². The number of hydrogen-bond donors (Lipinski definition) is 1. The lowest BCUT2D eigenvalue weighted by Crippen LogP contribution is -2.40. The second-order valence-corrected chi connectivity index (χ2v) is 8.12. The number of nitrogens with zero attached hydrogens (tertiary/aromatic N) is 3. The van der Waals surface area contributed by atoms with E-state index in [9.17, 15) is 8.42 Å². The van der Waals surface area contributed by atoms with E-state index in [0.29, 0.717) is 11.5 Å². The first-order valence-electron chi connectivity index (χ1n) is 6.84. The quantitative estimate of drug-likeness (QED) is 0.895. The molecule has 0 saturated carbocycles. The molecular weight excluding hydrogens is 332 g/mol. The normalized spacial score (nSPS) is 18.6. The highest BCUT2D eigenvalue weighted by molar-refractivity contribution is 7.89. The van der Waals surface area contributed by atoms with Crippen LogP contribution < -0.4 is 4.72 Å². The zero-order chi connectivity index (χ0) is 15.0. The number of fused-ring (bicyclic) bond motifs is 1. The average molecular weight is 349 g/mol. The van der Waals surface area contributed by atoms with E-state index in [1.807, 2.05) is 6.92 Å². The Bertz CT molecular complexity index is 734. The standard InChI is InChI=1S/C12H17ClN4O2S2/c1-9(16-4-2-3-5-16)8-14-21(18,19)11-10(13)15-12-17(11)6-7-20-12/h6-7,9,14H,2-5,8H2,1H3. The highest BCUT2D eigenvalue weighted by atomic mass is 35.5. The molecule has 0 aromatic carbocycles. The molecule has 1 N–H and O–H groups in total. The van der Waals surface area contributed by atoms with Gasteiger partial charge in [0.05, 0.1) is 0 Å². The molecule has 1 unspecified atom stereocenters. The van der Waals surface area contributed by atoms with E-state index in [-0.39, 0.29) is 16.2 Å². The summed E-state index contributed by atoms with van der Waals surface area (Å²) in [6.07, 6.45) is 4.03. The van der Waals surface area contributed by atoms with Crippen molar-refractivity contribution in [3.8, 4) is 0 Å². The van der Waals surface area contributed by atoms with E-state index < -0.39 is 10.0 Å². The smallest absolute Gasteiger partial charge is 0.259 e. The average Bonchev–Trinajstić information content (AvgIpc) is 3.10. The number of nitrogens with one attached hydrogen (secondary N) is 1. The Hall–Kier alpha value is -0.670. The van der Waals surface area contributed by atoms with Crippen LogP contribution in [0.25, 0.3) is 4.96 Å². The number of sulfonamides is 1. The van der Waals surface area contributed by atoms with E-state index >= 15 is 0 Å². The largest absolute Gasteiger partial charge is 0.299 e. The van der Waals surface area contributed by atoms with Gasteiger partial charge in [0.2, 0.25) is 0 Å². The Labute approximate surface area is 132 Å². The van der Waals surface area contributed by atoms with Crippen LogP contribution in [0.15, 0.2) is 16.6 Å². The Kier molecular flexibility index (Phi) is 4.24. The monoisotopic (exact) mass is 348 g/mol. The molecular formula is C12H17ClN4O2S2. The topological polar surface area (TPSA) is 66.7 Å². The van der Waals surface area contributed by atoms with Gasteiger partial charge in [0.15, 0.2) is 15.1 Å². The second-order valence-electron chi connectivity index (χ2n) is 5.21. The third-order valence-electron chi connectivity index (χ3n) is 3.77. The molecule has 6 nitrogen and oxygen atoms in total. The number of hydrogen-bond acceptors (Lipinski definition) is 5. The van der Waals surface area contributed by atoms with Crippen molar-refractivity contribution in [2.75, 3.05) is 19.6 Å². The highest BCUT2D eigenvalue weighted by Crippen LogP contribution is 2.25. The summed E-state index contributed by atoms with van der Waals surface area (Å²) < 4.78 is 29.1. The molecule has 1 fully saturated rings. The third kappa shape index (κ3) is 2.95. The Morgan fingerprint density at radius 3 is 2.90 bits per heavy atom.